The number of alkyl halides is 3. The first-order valence-corrected chi connectivity index (χ1v) is 11.0. The van der Waals surface area contributed by atoms with Gasteiger partial charge in [-0.05, 0) is 79.9 Å². The predicted molar refractivity (Wildman–Crippen MR) is 125 cm³/mol. The minimum atomic E-state index is -4.77. The van der Waals surface area contributed by atoms with Gasteiger partial charge in [-0.1, -0.05) is 18.2 Å². The van der Waals surface area contributed by atoms with Gasteiger partial charge in [-0.25, -0.2) is 9.37 Å². The van der Waals surface area contributed by atoms with E-state index in [1.807, 2.05) is 29.7 Å². The topological polar surface area (TPSA) is 56.1 Å². The van der Waals surface area contributed by atoms with Crippen LogP contribution in [0.15, 0.2) is 66.7 Å². The molecule has 0 saturated heterocycles. The number of benzene rings is 3. The minimum absolute atomic E-state index is 0.0980. The second kappa shape index (κ2) is 9.77. The van der Waals surface area contributed by atoms with Crippen molar-refractivity contribution in [2.45, 2.75) is 39.1 Å². The van der Waals surface area contributed by atoms with Gasteiger partial charge in [-0.2, -0.15) is 0 Å². The Hall–Kier alpha value is -3.88. The Morgan fingerprint density at radius 2 is 1.74 bits per heavy atom. The van der Waals surface area contributed by atoms with Gasteiger partial charge in [0, 0.05) is 12.1 Å². The fourth-order valence-electron chi connectivity index (χ4n) is 3.86. The first-order valence-electron chi connectivity index (χ1n) is 11.0. The SMILES string of the molecule is CC(=O)CCc1ccc2c(c1)nc(Nc1ccc(OC(F)(F)F)cc1)n2C(C)c1ccc(F)cc1. The second-order valence-corrected chi connectivity index (χ2v) is 8.26. The first kappa shape index (κ1) is 24.3. The molecule has 0 spiro atoms. The molecular weight excluding hydrogens is 462 g/mol. The van der Waals surface area contributed by atoms with Crippen LogP contribution in [-0.2, 0) is 11.2 Å². The van der Waals surface area contributed by atoms with E-state index in [0.717, 1.165) is 16.6 Å². The number of halogens is 4. The molecule has 1 unspecified atom stereocenters. The van der Waals surface area contributed by atoms with Crippen LogP contribution in [0.3, 0.4) is 0 Å². The fourth-order valence-corrected chi connectivity index (χ4v) is 3.86. The zero-order valence-electron chi connectivity index (χ0n) is 19.1. The van der Waals surface area contributed by atoms with Crippen molar-refractivity contribution >= 4 is 28.5 Å². The molecule has 0 radical (unpaired) electrons. The van der Waals surface area contributed by atoms with E-state index in [9.17, 15) is 22.4 Å². The van der Waals surface area contributed by atoms with Gasteiger partial charge in [0.15, 0.2) is 0 Å². The zero-order valence-corrected chi connectivity index (χ0v) is 19.1. The van der Waals surface area contributed by atoms with Crippen molar-refractivity contribution in [3.63, 3.8) is 0 Å². The van der Waals surface area contributed by atoms with E-state index < -0.39 is 6.36 Å². The predicted octanol–water partition coefficient (Wildman–Crippen LogP) is 6.95. The summed E-state index contributed by atoms with van der Waals surface area (Å²) in [5.41, 5.74) is 3.84. The molecule has 9 heteroatoms. The third-order valence-corrected chi connectivity index (χ3v) is 5.60. The van der Waals surface area contributed by atoms with Gasteiger partial charge in [0.2, 0.25) is 5.95 Å². The van der Waals surface area contributed by atoms with Gasteiger partial charge in [0.05, 0.1) is 17.1 Å². The number of rotatable bonds is 8. The van der Waals surface area contributed by atoms with Crippen LogP contribution in [0.25, 0.3) is 11.0 Å². The summed E-state index contributed by atoms with van der Waals surface area (Å²) in [4.78, 5) is 16.1. The molecule has 0 aliphatic carbocycles. The number of anilines is 2. The van der Waals surface area contributed by atoms with E-state index in [1.165, 1.54) is 36.4 Å². The molecule has 3 aromatic carbocycles. The van der Waals surface area contributed by atoms with Crippen LogP contribution in [0.4, 0.5) is 29.2 Å². The molecule has 1 heterocycles. The summed E-state index contributed by atoms with van der Waals surface area (Å²) in [6, 6.07) is 17.1. The van der Waals surface area contributed by atoms with Crippen LogP contribution in [0, 0.1) is 5.82 Å². The van der Waals surface area contributed by atoms with Crippen molar-refractivity contribution in [1.82, 2.24) is 9.55 Å². The number of hydrogen-bond donors (Lipinski definition) is 1. The number of nitrogens with one attached hydrogen (secondary N) is 1. The zero-order chi connectivity index (χ0) is 25.2. The van der Waals surface area contributed by atoms with Crippen molar-refractivity contribution in [2.75, 3.05) is 5.32 Å². The van der Waals surface area contributed by atoms with Crippen molar-refractivity contribution < 1.29 is 27.1 Å². The highest BCUT2D eigenvalue weighted by atomic mass is 19.4. The average Bonchev–Trinajstić information content (AvgIpc) is 3.15. The molecule has 1 N–H and O–H groups in total. The molecule has 0 aliphatic heterocycles. The van der Waals surface area contributed by atoms with Gasteiger partial charge in [0.1, 0.15) is 17.3 Å². The molecule has 0 amide bonds. The van der Waals surface area contributed by atoms with Crippen LogP contribution in [0.1, 0.15) is 37.4 Å². The summed E-state index contributed by atoms with van der Waals surface area (Å²) in [6.45, 7) is 3.49. The van der Waals surface area contributed by atoms with Crippen LogP contribution in [0.2, 0.25) is 0 Å². The van der Waals surface area contributed by atoms with Gasteiger partial charge in [-0.15, -0.1) is 13.2 Å². The maximum absolute atomic E-state index is 13.5. The second-order valence-electron chi connectivity index (χ2n) is 8.26. The molecule has 0 bridgehead atoms. The maximum atomic E-state index is 13.5. The summed E-state index contributed by atoms with van der Waals surface area (Å²) in [7, 11) is 0. The van der Waals surface area contributed by atoms with Crippen LogP contribution in [0.5, 0.6) is 5.75 Å². The van der Waals surface area contributed by atoms with E-state index in [-0.39, 0.29) is 23.4 Å². The summed E-state index contributed by atoms with van der Waals surface area (Å²) in [6.07, 6.45) is -3.75. The van der Waals surface area contributed by atoms with Crippen molar-refractivity contribution in [1.29, 1.82) is 0 Å². The third-order valence-electron chi connectivity index (χ3n) is 5.60. The number of ether oxygens (including phenoxy) is 1. The third kappa shape index (κ3) is 5.98. The summed E-state index contributed by atoms with van der Waals surface area (Å²) >= 11 is 0. The number of fused-ring (bicyclic) bond motifs is 1. The largest absolute Gasteiger partial charge is 0.573 e. The Bertz CT molecular complexity index is 1330. The van der Waals surface area contributed by atoms with E-state index >= 15 is 0 Å². The lowest BCUT2D eigenvalue weighted by Crippen LogP contribution is -2.17. The first-order chi connectivity index (χ1) is 16.6. The van der Waals surface area contributed by atoms with E-state index in [2.05, 4.69) is 10.1 Å². The average molecular weight is 485 g/mol. The summed E-state index contributed by atoms with van der Waals surface area (Å²) < 4.78 is 56.8. The number of carbonyl (C=O) groups is 1. The number of hydrogen-bond acceptors (Lipinski definition) is 4. The van der Waals surface area contributed by atoms with Crippen LogP contribution in [-0.4, -0.2) is 21.7 Å². The minimum Gasteiger partial charge on any atom is -0.406 e. The molecule has 4 rings (SSSR count). The number of nitrogens with zero attached hydrogens (tertiary/aromatic N) is 2. The highest BCUT2D eigenvalue weighted by Gasteiger charge is 2.31. The van der Waals surface area contributed by atoms with Gasteiger partial charge >= 0.3 is 6.36 Å². The van der Waals surface area contributed by atoms with Crippen molar-refractivity contribution in [3.05, 3.63) is 83.7 Å². The molecule has 182 valence electrons. The Morgan fingerprint density at radius 3 is 2.37 bits per heavy atom. The summed E-state index contributed by atoms with van der Waals surface area (Å²) in [5.74, 6) is -0.108. The van der Waals surface area contributed by atoms with E-state index in [1.54, 1.807) is 19.1 Å². The number of aromatic nitrogens is 2. The highest BCUT2D eigenvalue weighted by molar-refractivity contribution is 5.81. The Morgan fingerprint density at radius 1 is 1.06 bits per heavy atom. The van der Waals surface area contributed by atoms with Crippen molar-refractivity contribution in [2.24, 2.45) is 0 Å². The maximum Gasteiger partial charge on any atom is 0.573 e. The normalized spacial score (nSPS) is 12.5. The van der Waals surface area contributed by atoms with Gasteiger partial charge < -0.3 is 19.4 Å². The lowest BCUT2D eigenvalue weighted by Gasteiger charge is -2.19. The van der Waals surface area contributed by atoms with Crippen molar-refractivity contribution in [3.8, 4) is 5.75 Å². The quantitative estimate of drug-likeness (QED) is 0.275. The standard InChI is InChI=1S/C26H23F4N3O2/c1-16(34)3-4-18-5-14-24-23(15-18)32-25(33(24)17(2)19-6-8-20(27)9-7-19)31-21-10-12-22(13-11-21)35-26(28,29)30/h5-15,17H,3-4H2,1-2H3,(H,31,32). The number of imidazole rings is 1. The number of aryl methyl sites for hydroxylation is 1. The highest BCUT2D eigenvalue weighted by Crippen LogP contribution is 2.32. The molecule has 1 aromatic heterocycles. The molecule has 35 heavy (non-hydrogen) atoms. The van der Waals surface area contributed by atoms with Crippen LogP contribution >= 0.6 is 0 Å². The van der Waals surface area contributed by atoms with E-state index in [4.69, 9.17) is 4.98 Å². The fraction of sp³-hybridized carbons (Fsp3) is 0.231. The Labute approximate surface area is 199 Å². The molecule has 0 fully saturated rings. The molecule has 5 nitrogen and oxygen atoms in total. The lowest BCUT2D eigenvalue weighted by atomic mass is 10.1. The number of Topliss-reactive ketones (excluding diaryl/α,β-unsaturated/α-hetero) is 1. The van der Waals surface area contributed by atoms with E-state index in [0.29, 0.717) is 30.0 Å². The molecule has 1 atom stereocenters. The van der Waals surface area contributed by atoms with Gasteiger partial charge in [-0.3, -0.25) is 0 Å². The van der Waals surface area contributed by atoms with Crippen LogP contribution < -0.4 is 10.1 Å². The monoisotopic (exact) mass is 485 g/mol. The number of ketones is 1. The Kier molecular flexibility index (Phi) is 6.77. The molecule has 4 aromatic rings. The lowest BCUT2D eigenvalue weighted by molar-refractivity contribution is -0.274. The van der Waals surface area contributed by atoms with Gasteiger partial charge in [0.25, 0.3) is 0 Å². The molecular formula is C26H23F4N3O2. The smallest absolute Gasteiger partial charge is 0.406 e. The number of carbonyl (C=O) groups excluding carboxylic acids is 1. The molecule has 0 saturated carbocycles. The Balaban J connectivity index is 1.71. The summed E-state index contributed by atoms with van der Waals surface area (Å²) in [5, 5.41) is 3.17. The molecule has 0 aliphatic rings.